The summed E-state index contributed by atoms with van der Waals surface area (Å²) in [7, 11) is -0.0987. The van der Waals surface area contributed by atoms with Crippen molar-refractivity contribution < 1.29 is 0 Å². The molecular formula is C20H30Si. The minimum Gasteiger partial charge on any atom is -0.0840 e. The first-order valence-corrected chi connectivity index (χ1v) is 10.6. The molecule has 3 rings (SSSR count). The standard InChI is InChI=1S/C20H30Si/c1-2-3-7-14-20(15-8-4-9-16-20)21-19-13-12-17-10-5-6-11-18(17)19/h4-6,8-9,11,15,17,19H,2-3,7,10,12-14,16,21H2,1H3. The van der Waals surface area contributed by atoms with E-state index in [2.05, 4.69) is 49.5 Å². The van der Waals surface area contributed by atoms with E-state index in [0.29, 0.717) is 5.04 Å². The molecule has 0 saturated heterocycles. The van der Waals surface area contributed by atoms with Gasteiger partial charge in [-0.15, -0.1) is 0 Å². The molecule has 3 aliphatic rings. The molecular weight excluding hydrogens is 268 g/mol. The molecule has 1 heteroatoms. The molecule has 0 radical (unpaired) electrons. The normalized spacial score (nSPS) is 34.6. The van der Waals surface area contributed by atoms with E-state index in [0.717, 1.165) is 11.5 Å². The second kappa shape index (κ2) is 6.96. The highest BCUT2D eigenvalue weighted by Crippen LogP contribution is 2.51. The van der Waals surface area contributed by atoms with E-state index in [9.17, 15) is 0 Å². The van der Waals surface area contributed by atoms with Crippen molar-refractivity contribution in [3.63, 3.8) is 0 Å². The first-order valence-electron chi connectivity index (χ1n) is 9.04. The molecule has 0 amide bonds. The summed E-state index contributed by atoms with van der Waals surface area (Å²) < 4.78 is 0. The number of allylic oxidation sites excluding steroid dienone is 8. The topological polar surface area (TPSA) is 0 Å². The Morgan fingerprint density at radius 1 is 1.14 bits per heavy atom. The van der Waals surface area contributed by atoms with Crippen molar-refractivity contribution >= 4 is 9.52 Å². The number of hydrogen-bond donors (Lipinski definition) is 0. The summed E-state index contributed by atoms with van der Waals surface area (Å²) in [5.41, 5.74) is 2.82. The largest absolute Gasteiger partial charge is 0.0840 e. The third kappa shape index (κ3) is 3.51. The van der Waals surface area contributed by atoms with Crippen molar-refractivity contribution in [1.29, 1.82) is 0 Å². The molecule has 0 N–H and O–H groups in total. The number of fused-ring (bicyclic) bond motifs is 1. The zero-order valence-corrected chi connectivity index (χ0v) is 15.0. The van der Waals surface area contributed by atoms with Crippen molar-refractivity contribution in [3.8, 4) is 0 Å². The highest BCUT2D eigenvalue weighted by Gasteiger charge is 2.37. The molecule has 0 aliphatic heterocycles. The molecule has 0 nitrogen and oxygen atoms in total. The maximum absolute atomic E-state index is 2.60. The van der Waals surface area contributed by atoms with Crippen molar-refractivity contribution in [2.45, 2.75) is 68.9 Å². The average molecular weight is 299 g/mol. The van der Waals surface area contributed by atoms with Gasteiger partial charge in [-0.05, 0) is 48.6 Å². The summed E-state index contributed by atoms with van der Waals surface area (Å²) in [6.45, 7) is 2.32. The third-order valence-corrected chi connectivity index (χ3v) is 8.87. The zero-order chi connectivity index (χ0) is 14.5. The van der Waals surface area contributed by atoms with Crippen LogP contribution in [0.4, 0.5) is 0 Å². The van der Waals surface area contributed by atoms with E-state index in [-0.39, 0.29) is 9.52 Å². The maximum Gasteiger partial charge on any atom is 0.0404 e. The lowest BCUT2D eigenvalue weighted by Gasteiger charge is -2.34. The van der Waals surface area contributed by atoms with E-state index >= 15 is 0 Å². The van der Waals surface area contributed by atoms with E-state index in [1.165, 1.54) is 51.4 Å². The van der Waals surface area contributed by atoms with Gasteiger partial charge in [0, 0.05) is 9.52 Å². The molecule has 3 unspecified atom stereocenters. The van der Waals surface area contributed by atoms with Crippen molar-refractivity contribution in [2.24, 2.45) is 5.92 Å². The Bertz CT molecular complexity index is 468. The van der Waals surface area contributed by atoms with Gasteiger partial charge in [-0.25, -0.2) is 0 Å². The first-order chi connectivity index (χ1) is 10.3. The lowest BCUT2D eigenvalue weighted by Crippen LogP contribution is -2.23. The molecule has 0 heterocycles. The monoisotopic (exact) mass is 298 g/mol. The molecule has 1 fully saturated rings. The predicted molar refractivity (Wildman–Crippen MR) is 96.6 cm³/mol. The molecule has 0 aromatic carbocycles. The summed E-state index contributed by atoms with van der Waals surface area (Å²) in [6, 6.07) is 0. The van der Waals surface area contributed by atoms with Gasteiger partial charge in [0.2, 0.25) is 0 Å². The lowest BCUT2D eigenvalue weighted by atomic mass is 9.93. The van der Waals surface area contributed by atoms with Gasteiger partial charge in [-0.3, -0.25) is 0 Å². The Labute approximate surface area is 132 Å². The fourth-order valence-electron chi connectivity index (χ4n) is 4.60. The fraction of sp³-hybridized carbons (Fsp3) is 0.600. The molecule has 3 atom stereocenters. The Balaban J connectivity index is 1.69. The van der Waals surface area contributed by atoms with Crippen LogP contribution in [-0.4, -0.2) is 9.52 Å². The Morgan fingerprint density at radius 2 is 2.10 bits per heavy atom. The minimum atomic E-state index is -0.0987. The molecule has 1 saturated carbocycles. The van der Waals surface area contributed by atoms with E-state index < -0.39 is 0 Å². The second-order valence-corrected chi connectivity index (χ2v) is 10.1. The SMILES string of the molecule is CCCCCC1([SiH2]C2CCC3CC=CC=C32)C=CC=CC1. The van der Waals surface area contributed by atoms with Crippen molar-refractivity contribution in [3.05, 3.63) is 48.1 Å². The zero-order valence-electron chi connectivity index (χ0n) is 13.6. The first kappa shape index (κ1) is 15.1. The van der Waals surface area contributed by atoms with Crippen LogP contribution in [0.2, 0.25) is 10.6 Å². The predicted octanol–water partition coefficient (Wildman–Crippen LogP) is 5.50. The highest BCUT2D eigenvalue weighted by molar-refractivity contribution is 6.44. The molecule has 0 spiro atoms. The van der Waals surface area contributed by atoms with E-state index in [4.69, 9.17) is 0 Å². The number of hydrogen-bond acceptors (Lipinski definition) is 0. The van der Waals surface area contributed by atoms with Gasteiger partial charge in [0.05, 0.1) is 0 Å². The van der Waals surface area contributed by atoms with Gasteiger partial charge in [0.15, 0.2) is 0 Å². The summed E-state index contributed by atoms with van der Waals surface area (Å²) >= 11 is 0. The third-order valence-electron chi connectivity index (χ3n) is 5.80. The van der Waals surface area contributed by atoms with Crippen LogP contribution in [0.25, 0.3) is 0 Å². The molecule has 3 aliphatic carbocycles. The molecule has 0 aromatic rings. The second-order valence-electron chi connectivity index (χ2n) is 7.32. The van der Waals surface area contributed by atoms with Crippen molar-refractivity contribution in [2.75, 3.05) is 0 Å². The Hall–Kier alpha value is -0.823. The molecule has 114 valence electrons. The van der Waals surface area contributed by atoms with Crippen LogP contribution in [0, 0.1) is 5.92 Å². The lowest BCUT2D eigenvalue weighted by molar-refractivity contribution is 0.549. The summed E-state index contributed by atoms with van der Waals surface area (Å²) in [5.74, 6) is 0.906. The Kier molecular flexibility index (Phi) is 5.00. The molecule has 21 heavy (non-hydrogen) atoms. The van der Waals surface area contributed by atoms with Crippen LogP contribution < -0.4 is 0 Å². The molecule has 0 aromatic heterocycles. The number of rotatable bonds is 6. The van der Waals surface area contributed by atoms with Crippen molar-refractivity contribution in [1.82, 2.24) is 0 Å². The van der Waals surface area contributed by atoms with Crippen LogP contribution in [-0.2, 0) is 0 Å². The summed E-state index contributed by atoms with van der Waals surface area (Å²) in [6.07, 6.45) is 28.0. The van der Waals surface area contributed by atoms with E-state index in [1.807, 2.05) is 5.57 Å². The van der Waals surface area contributed by atoms with Gasteiger partial charge in [-0.1, -0.05) is 74.3 Å². The van der Waals surface area contributed by atoms with Crippen LogP contribution in [0.3, 0.4) is 0 Å². The van der Waals surface area contributed by atoms with Gasteiger partial charge in [0.1, 0.15) is 0 Å². The number of unbranched alkanes of at least 4 members (excludes halogenated alkanes) is 2. The van der Waals surface area contributed by atoms with E-state index in [1.54, 1.807) is 0 Å². The van der Waals surface area contributed by atoms with Gasteiger partial charge in [-0.2, -0.15) is 0 Å². The van der Waals surface area contributed by atoms with Crippen LogP contribution in [0.1, 0.15) is 58.3 Å². The molecule has 0 bridgehead atoms. The van der Waals surface area contributed by atoms with Gasteiger partial charge >= 0.3 is 0 Å². The summed E-state index contributed by atoms with van der Waals surface area (Å²) in [5, 5.41) is 0.589. The summed E-state index contributed by atoms with van der Waals surface area (Å²) in [4.78, 5) is 0. The minimum absolute atomic E-state index is 0.0987. The van der Waals surface area contributed by atoms with Gasteiger partial charge < -0.3 is 0 Å². The quantitative estimate of drug-likeness (QED) is 0.449. The van der Waals surface area contributed by atoms with Crippen LogP contribution in [0.5, 0.6) is 0 Å². The van der Waals surface area contributed by atoms with Crippen LogP contribution in [0.15, 0.2) is 48.1 Å². The highest BCUT2D eigenvalue weighted by atomic mass is 28.2. The van der Waals surface area contributed by atoms with Gasteiger partial charge in [0.25, 0.3) is 0 Å². The fourth-order valence-corrected chi connectivity index (χ4v) is 7.79. The smallest absolute Gasteiger partial charge is 0.0404 e. The van der Waals surface area contributed by atoms with Crippen LogP contribution >= 0.6 is 0 Å². The Morgan fingerprint density at radius 3 is 2.90 bits per heavy atom. The maximum atomic E-state index is 2.60. The average Bonchev–Trinajstić information content (AvgIpc) is 2.92.